The molecule has 0 radical (unpaired) electrons. The first kappa shape index (κ1) is 23.3. The summed E-state index contributed by atoms with van der Waals surface area (Å²) in [6, 6.07) is 0. The van der Waals surface area contributed by atoms with E-state index in [-0.39, 0.29) is 54.4 Å². The summed E-state index contributed by atoms with van der Waals surface area (Å²) in [5, 5.41) is 26.5. The second-order valence-electron chi connectivity index (χ2n) is 11.8. The predicted molar refractivity (Wildman–Crippen MR) is 121 cm³/mol. The van der Waals surface area contributed by atoms with Gasteiger partial charge in [-0.3, -0.25) is 4.79 Å². The maximum atomic E-state index is 12.3. The quantitative estimate of drug-likeness (QED) is 0.555. The van der Waals surface area contributed by atoms with E-state index in [2.05, 4.69) is 12.2 Å². The highest BCUT2D eigenvalue weighted by atomic mass is 16.5. The predicted octanol–water partition coefficient (Wildman–Crippen LogP) is 2.35. The van der Waals surface area contributed by atoms with E-state index in [9.17, 15) is 19.8 Å². The Morgan fingerprint density at radius 3 is 2.67 bits per heavy atom. The molecule has 184 valence electrons. The van der Waals surface area contributed by atoms with Gasteiger partial charge in [-0.25, -0.2) is 4.79 Å². The number of aliphatic hydroxyl groups is 2. The lowest BCUT2D eigenvalue weighted by molar-refractivity contribution is -0.245. The molecule has 3 N–H and O–H groups in total. The van der Waals surface area contributed by atoms with Gasteiger partial charge >= 0.3 is 5.97 Å². The number of nitrogens with one attached hydrogen (secondary N) is 1. The van der Waals surface area contributed by atoms with Crippen molar-refractivity contribution >= 4 is 11.9 Å². The number of cyclic esters (lactones) is 1. The molecule has 0 saturated heterocycles. The Morgan fingerprint density at radius 2 is 1.97 bits per heavy atom. The third kappa shape index (κ3) is 3.33. The summed E-state index contributed by atoms with van der Waals surface area (Å²) in [5.74, 6) is 0.463. The molecule has 1 amide bonds. The summed E-state index contributed by atoms with van der Waals surface area (Å²) in [6.07, 6.45) is 8.04. The molecule has 0 unspecified atom stereocenters. The normalized spacial score (nSPS) is 48.9. The van der Waals surface area contributed by atoms with Gasteiger partial charge in [-0.05, 0) is 86.0 Å². The number of fused-ring (bicyclic) bond motifs is 5. The minimum Gasteiger partial charge on any atom is -0.458 e. The fraction of sp³-hybridized carbons (Fsp3) is 0.846. The zero-order valence-corrected chi connectivity index (χ0v) is 20.1. The number of carbonyl (C=O) groups excluding carboxylic acids is 2. The minimum absolute atomic E-state index is 0.0238. The van der Waals surface area contributed by atoms with E-state index in [4.69, 9.17) is 9.47 Å². The highest BCUT2D eigenvalue weighted by molar-refractivity contribution is 5.85. The van der Waals surface area contributed by atoms with Crippen molar-refractivity contribution in [1.82, 2.24) is 5.32 Å². The van der Waals surface area contributed by atoms with Gasteiger partial charge in [0.25, 0.3) is 0 Å². The monoisotopic (exact) mass is 461 g/mol. The molecule has 33 heavy (non-hydrogen) atoms. The highest BCUT2D eigenvalue weighted by Crippen LogP contribution is 2.69. The van der Waals surface area contributed by atoms with E-state index in [1.807, 2.05) is 6.92 Å². The Morgan fingerprint density at radius 1 is 1.18 bits per heavy atom. The first-order chi connectivity index (χ1) is 15.6. The molecule has 0 aromatic carbocycles. The molecule has 0 aromatic heterocycles. The van der Waals surface area contributed by atoms with Crippen LogP contribution in [0.3, 0.4) is 0 Å². The van der Waals surface area contributed by atoms with Crippen LogP contribution in [0, 0.1) is 34.5 Å². The molecule has 0 spiro atoms. The van der Waals surface area contributed by atoms with Gasteiger partial charge in [0.15, 0.2) is 0 Å². The molecule has 0 aromatic rings. The topological polar surface area (TPSA) is 105 Å². The van der Waals surface area contributed by atoms with E-state index in [1.54, 1.807) is 13.1 Å². The molecule has 0 bridgehead atoms. The Bertz CT molecular complexity index is 858. The molecule has 5 aliphatic rings. The Hall–Kier alpha value is -1.44. The summed E-state index contributed by atoms with van der Waals surface area (Å²) >= 11 is 0. The smallest absolute Gasteiger partial charge is 0.331 e. The number of aliphatic hydroxyl groups excluding tert-OH is 1. The molecule has 4 saturated carbocycles. The molecule has 4 fully saturated rings. The van der Waals surface area contributed by atoms with Crippen molar-refractivity contribution in [2.75, 3.05) is 20.3 Å². The Balaban J connectivity index is 1.37. The largest absolute Gasteiger partial charge is 0.458 e. The van der Waals surface area contributed by atoms with Gasteiger partial charge in [0.1, 0.15) is 13.2 Å². The lowest BCUT2D eigenvalue weighted by Gasteiger charge is -2.65. The maximum Gasteiger partial charge on any atom is 0.331 e. The fourth-order valence-electron chi connectivity index (χ4n) is 8.77. The van der Waals surface area contributed by atoms with Crippen LogP contribution in [0.5, 0.6) is 0 Å². The van der Waals surface area contributed by atoms with Crippen LogP contribution in [-0.2, 0) is 19.1 Å². The summed E-state index contributed by atoms with van der Waals surface area (Å²) < 4.78 is 11.1. The Kier molecular flexibility index (Phi) is 5.69. The SMILES string of the molecule is CNC(=O)CO[C@H]1CC[C@@]2(C)[C@H](CC[C@@H]3[C@@H]2C[C@@H](O)[C@]2(C)[C@@H](C4=CC(=O)OC4)CC[C@]32O)C1. The van der Waals surface area contributed by atoms with E-state index >= 15 is 0 Å². The van der Waals surface area contributed by atoms with Crippen molar-refractivity contribution in [2.45, 2.75) is 83.0 Å². The van der Waals surface area contributed by atoms with E-state index in [0.29, 0.717) is 18.8 Å². The van der Waals surface area contributed by atoms with E-state index in [1.165, 1.54) is 0 Å². The van der Waals surface area contributed by atoms with Crippen molar-refractivity contribution in [3.63, 3.8) is 0 Å². The van der Waals surface area contributed by atoms with Crippen molar-refractivity contribution < 1.29 is 29.3 Å². The number of carbonyl (C=O) groups is 2. The van der Waals surface area contributed by atoms with Crippen LogP contribution in [0.1, 0.15) is 65.2 Å². The van der Waals surface area contributed by atoms with Crippen LogP contribution in [0.25, 0.3) is 0 Å². The van der Waals surface area contributed by atoms with Gasteiger partial charge in [0.2, 0.25) is 5.91 Å². The molecule has 7 heteroatoms. The number of likely N-dealkylation sites (N-methyl/N-ethyl adjacent to an activating group) is 1. The average molecular weight is 462 g/mol. The highest BCUT2D eigenvalue weighted by Gasteiger charge is 2.70. The summed E-state index contributed by atoms with van der Waals surface area (Å²) in [4.78, 5) is 23.3. The van der Waals surface area contributed by atoms with Gasteiger partial charge in [0.05, 0.1) is 17.8 Å². The molecular weight excluding hydrogens is 422 g/mol. The lowest BCUT2D eigenvalue weighted by Crippen LogP contribution is -2.67. The number of hydrogen-bond donors (Lipinski definition) is 3. The van der Waals surface area contributed by atoms with E-state index < -0.39 is 17.1 Å². The molecule has 7 nitrogen and oxygen atoms in total. The molecule has 1 aliphatic heterocycles. The van der Waals surface area contributed by atoms with Crippen LogP contribution in [0.2, 0.25) is 0 Å². The number of esters is 1. The zero-order valence-electron chi connectivity index (χ0n) is 20.1. The number of ether oxygens (including phenoxy) is 2. The van der Waals surface area contributed by atoms with Gasteiger partial charge in [0, 0.05) is 18.5 Å². The third-order valence-corrected chi connectivity index (χ3v) is 10.8. The van der Waals surface area contributed by atoms with Crippen molar-refractivity contribution in [3.05, 3.63) is 11.6 Å². The van der Waals surface area contributed by atoms with Crippen molar-refractivity contribution in [1.29, 1.82) is 0 Å². The van der Waals surface area contributed by atoms with Crippen LogP contribution >= 0.6 is 0 Å². The minimum atomic E-state index is -0.937. The second-order valence-corrected chi connectivity index (χ2v) is 11.8. The average Bonchev–Trinajstić information content (AvgIpc) is 3.34. The standard InChI is InChI=1S/C26H39NO6/c1-24-8-6-17(32-14-22(29)27-3)11-16(24)4-5-19-20(24)12-21(28)25(2)18(7-9-26(19,25)31)15-10-23(30)33-13-15/h10,16-21,28,31H,4-9,11-14H2,1-3H3,(H,27,29)/t16-,17+,18-,19-,20+,21-,24+,25+,26+/m1/s1. The zero-order chi connectivity index (χ0) is 23.6. The molecule has 1 heterocycles. The molecule has 5 rings (SSSR count). The van der Waals surface area contributed by atoms with Crippen LogP contribution < -0.4 is 5.32 Å². The number of hydrogen-bond acceptors (Lipinski definition) is 6. The summed E-state index contributed by atoms with van der Waals surface area (Å²) in [5.41, 5.74) is -0.611. The first-order valence-electron chi connectivity index (χ1n) is 12.7. The number of rotatable bonds is 4. The van der Waals surface area contributed by atoms with Gasteiger partial charge in [-0.1, -0.05) is 13.8 Å². The van der Waals surface area contributed by atoms with Gasteiger partial charge in [-0.2, -0.15) is 0 Å². The molecule has 4 aliphatic carbocycles. The molecular formula is C26H39NO6. The number of amides is 1. The van der Waals surface area contributed by atoms with Gasteiger partial charge < -0.3 is 25.0 Å². The second kappa shape index (κ2) is 8.06. The van der Waals surface area contributed by atoms with Crippen LogP contribution in [-0.4, -0.2) is 60.2 Å². The van der Waals surface area contributed by atoms with E-state index in [0.717, 1.165) is 44.1 Å². The first-order valence-corrected chi connectivity index (χ1v) is 12.7. The lowest BCUT2D eigenvalue weighted by atomic mass is 9.42. The summed E-state index contributed by atoms with van der Waals surface area (Å²) in [6.45, 7) is 4.80. The third-order valence-electron chi connectivity index (χ3n) is 10.8. The van der Waals surface area contributed by atoms with Gasteiger partial charge in [-0.15, -0.1) is 0 Å². The van der Waals surface area contributed by atoms with Crippen molar-refractivity contribution in [3.8, 4) is 0 Å². The van der Waals surface area contributed by atoms with Crippen LogP contribution in [0.4, 0.5) is 0 Å². The summed E-state index contributed by atoms with van der Waals surface area (Å²) in [7, 11) is 1.62. The maximum absolute atomic E-state index is 12.3. The van der Waals surface area contributed by atoms with Crippen molar-refractivity contribution in [2.24, 2.45) is 34.5 Å². The fourth-order valence-corrected chi connectivity index (χ4v) is 8.77. The Labute approximate surface area is 196 Å². The van der Waals surface area contributed by atoms with Crippen LogP contribution in [0.15, 0.2) is 11.6 Å². The molecule has 9 atom stereocenters.